The minimum atomic E-state index is -0.789. The van der Waals surface area contributed by atoms with E-state index in [1.165, 1.54) is 167 Å². The highest BCUT2D eigenvalue weighted by Gasteiger charge is 2.24. The fourth-order valence-electron chi connectivity index (χ4n) is 7.84. The van der Waals surface area contributed by atoms with Gasteiger partial charge in [0.05, 0.1) is 25.2 Å². The molecule has 6 nitrogen and oxygen atoms in total. The van der Waals surface area contributed by atoms with Crippen LogP contribution in [0, 0.1) is 0 Å². The summed E-state index contributed by atoms with van der Waals surface area (Å²) >= 11 is 0. The van der Waals surface area contributed by atoms with Crippen LogP contribution >= 0.6 is 0 Å². The maximum Gasteiger partial charge on any atom is 0.306 e. The summed E-state index contributed by atoms with van der Waals surface area (Å²) in [6, 6.07) is -0.704. The number of aliphatic hydroxyl groups excluding tert-OH is 2. The van der Waals surface area contributed by atoms with Crippen molar-refractivity contribution in [3.63, 3.8) is 0 Å². The average Bonchev–Trinajstić information content (AvgIpc) is 3.22. The Bertz CT molecular complexity index is 919. The number of esters is 1. The number of hydrogen-bond donors (Lipinski definition) is 3. The van der Waals surface area contributed by atoms with Crippen molar-refractivity contribution < 1.29 is 24.5 Å². The van der Waals surface area contributed by atoms with E-state index in [2.05, 4.69) is 50.4 Å². The highest BCUT2D eigenvalue weighted by Crippen LogP contribution is 2.17. The molecule has 0 aromatic heterocycles. The summed E-state index contributed by atoms with van der Waals surface area (Å²) in [7, 11) is 0. The molecule has 1 amide bonds. The molecule has 0 bridgehead atoms. The van der Waals surface area contributed by atoms with Crippen LogP contribution in [-0.4, -0.2) is 46.9 Å². The van der Waals surface area contributed by atoms with E-state index >= 15 is 0 Å². The van der Waals surface area contributed by atoms with Gasteiger partial charge in [-0.15, -0.1) is 0 Å². The van der Waals surface area contributed by atoms with Gasteiger partial charge in [0, 0.05) is 6.42 Å². The van der Waals surface area contributed by atoms with E-state index in [1.54, 1.807) is 0 Å². The molecule has 0 aliphatic carbocycles. The zero-order valence-corrected chi connectivity index (χ0v) is 38.9. The van der Waals surface area contributed by atoms with Crippen LogP contribution < -0.4 is 5.32 Å². The Balaban J connectivity index is 4.47. The van der Waals surface area contributed by atoms with E-state index in [9.17, 15) is 19.8 Å². The maximum absolute atomic E-state index is 13.1. The van der Waals surface area contributed by atoms with Crippen LogP contribution in [0.5, 0.6) is 0 Å². The fourth-order valence-corrected chi connectivity index (χ4v) is 7.84. The molecule has 0 aromatic rings. The van der Waals surface area contributed by atoms with Crippen LogP contribution in [0.25, 0.3) is 0 Å². The van der Waals surface area contributed by atoms with Crippen molar-refractivity contribution in [1.29, 1.82) is 0 Å². The van der Waals surface area contributed by atoms with Crippen LogP contribution in [0.1, 0.15) is 271 Å². The van der Waals surface area contributed by atoms with Crippen LogP contribution in [0.4, 0.5) is 0 Å². The van der Waals surface area contributed by atoms with E-state index in [0.29, 0.717) is 19.3 Å². The van der Waals surface area contributed by atoms with E-state index in [0.717, 1.165) is 57.8 Å². The summed E-state index contributed by atoms with van der Waals surface area (Å²) in [4.78, 5) is 26.0. The molecule has 3 atom stereocenters. The molecule has 6 heteroatoms. The third-order valence-corrected chi connectivity index (χ3v) is 11.8. The highest BCUT2D eigenvalue weighted by molar-refractivity contribution is 5.77. The summed E-state index contributed by atoms with van der Waals surface area (Å²) in [6.07, 6.45) is 52.5. The van der Waals surface area contributed by atoms with Crippen molar-refractivity contribution in [3.8, 4) is 0 Å². The molecule has 0 heterocycles. The third kappa shape index (κ3) is 41.1. The van der Waals surface area contributed by atoms with Gasteiger partial charge in [-0.1, -0.05) is 212 Å². The topological polar surface area (TPSA) is 95.9 Å². The molecule has 0 saturated heterocycles. The van der Waals surface area contributed by atoms with Gasteiger partial charge in [-0.2, -0.15) is 0 Å². The number of allylic oxidation sites excluding steroid dienone is 4. The molecule has 0 rings (SSSR count). The molecule has 0 spiro atoms. The standard InChI is InChI=1S/C52H99NO5/c1-4-7-10-13-16-19-21-22-23-24-25-26-27-28-30-33-36-39-42-45-52(57)58-48(43-40-37-34-32-29-20-17-14-11-8-5-2)46-51(56)53-49(47-54)50(55)44-41-38-35-31-18-15-12-9-6-3/h22-23,32,34,48-50,54-55H,4-21,24-31,33,35-47H2,1-3H3,(H,53,56)/b23-22+,34-32-. The average molecular weight is 818 g/mol. The number of carbonyl (C=O) groups excluding carboxylic acids is 2. The second-order valence-corrected chi connectivity index (χ2v) is 17.6. The van der Waals surface area contributed by atoms with Gasteiger partial charge in [0.15, 0.2) is 0 Å². The Morgan fingerprint density at radius 2 is 0.845 bits per heavy atom. The molecule has 58 heavy (non-hydrogen) atoms. The number of unbranched alkanes of at least 4 members (excludes halogenated alkanes) is 30. The summed E-state index contributed by atoms with van der Waals surface area (Å²) < 4.78 is 5.91. The molecule has 0 fully saturated rings. The molecule has 0 aromatic carbocycles. The number of aliphatic hydroxyl groups is 2. The first-order chi connectivity index (χ1) is 28.5. The fraction of sp³-hybridized carbons (Fsp3) is 0.885. The lowest BCUT2D eigenvalue weighted by Gasteiger charge is -2.24. The summed E-state index contributed by atoms with van der Waals surface area (Å²) in [5.41, 5.74) is 0. The highest BCUT2D eigenvalue weighted by atomic mass is 16.5. The summed E-state index contributed by atoms with van der Waals surface area (Å²) in [6.45, 7) is 6.45. The third-order valence-electron chi connectivity index (χ3n) is 11.8. The molecular formula is C52H99NO5. The summed E-state index contributed by atoms with van der Waals surface area (Å²) in [5.74, 6) is -0.497. The van der Waals surface area contributed by atoms with Gasteiger partial charge in [0.25, 0.3) is 0 Å². The smallest absolute Gasteiger partial charge is 0.306 e. The molecule has 0 aliphatic rings. The predicted molar refractivity (Wildman–Crippen MR) is 250 cm³/mol. The van der Waals surface area contributed by atoms with Gasteiger partial charge in [-0.3, -0.25) is 9.59 Å². The molecule has 0 saturated carbocycles. The number of carbonyl (C=O) groups is 2. The number of amides is 1. The van der Waals surface area contributed by atoms with E-state index in [-0.39, 0.29) is 24.9 Å². The zero-order chi connectivity index (χ0) is 42.4. The second-order valence-electron chi connectivity index (χ2n) is 17.6. The molecule has 3 N–H and O–H groups in total. The Labute approximate surface area is 361 Å². The van der Waals surface area contributed by atoms with Crippen molar-refractivity contribution in [2.75, 3.05) is 6.61 Å². The largest absolute Gasteiger partial charge is 0.462 e. The van der Waals surface area contributed by atoms with Crippen LogP contribution in [-0.2, 0) is 14.3 Å². The van der Waals surface area contributed by atoms with Crippen molar-refractivity contribution in [2.45, 2.75) is 289 Å². The molecule has 0 radical (unpaired) electrons. The van der Waals surface area contributed by atoms with Gasteiger partial charge in [-0.05, 0) is 70.6 Å². The van der Waals surface area contributed by atoms with Gasteiger partial charge < -0.3 is 20.3 Å². The molecule has 3 unspecified atom stereocenters. The maximum atomic E-state index is 13.1. The number of ether oxygens (including phenoxy) is 1. The second kappa shape index (κ2) is 46.4. The normalized spacial score (nSPS) is 13.4. The van der Waals surface area contributed by atoms with Crippen molar-refractivity contribution >= 4 is 11.9 Å². The molecule has 342 valence electrons. The van der Waals surface area contributed by atoms with Gasteiger partial charge >= 0.3 is 5.97 Å². The van der Waals surface area contributed by atoms with E-state index in [4.69, 9.17) is 4.74 Å². The monoisotopic (exact) mass is 818 g/mol. The van der Waals surface area contributed by atoms with Crippen molar-refractivity contribution in [2.24, 2.45) is 0 Å². The van der Waals surface area contributed by atoms with E-state index < -0.39 is 18.2 Å². The SMILES string of the molecule is CCCCCCCC/C=C\CCCC(CC(=O)NC(CO)C(O)CCCCCCCCCCC)OC(=O)CCCCCCCCCCC/C=C/CCCCCCCC. The van der Waals surface area contributed by atoms with Crippen molar-refractivity contribution in [1.82, 2.24) is 5.32 Å². The quantitative estimate of drug-likeness (QED) is 0.0323. The van der Waals surface area contributed by atoms with Gasteiger partial charge in [0.2, 0.25) is 5.91 Å². The number of nitrogens with one attached hydrogen (secondary N) is 1. The van der Waals surface area contributed by atoms with Crippen LogP contribution in [0.3, 0.4) is 0 Å². The number of rotatable bonds is 46. The summed E-state index contributed by atoms with van der Waals surface area (Å²) in [5, 5.41) is 23.6. The Hall–Kier alpha value is -1.66. The van der Waals surface area contributed by atoms with Crippen LogP contribution in [0.15, 0.2) is 24.3 Å². The Morgan fingerprint density at radius 1 is 0.483 bits per heavy atom. The van der Waals surface area contributed by atoms with Crippen LogP contribution in [0.2, 0.25) is 0 Å². The van der Waals surface area contributed by atoms with Crippen molar-refractivity contribution in [3.05, 3.63) is 24.3 Å². The Morgan fingerprint density at radius 3 is 1.26 bits per heavy atom. The lowest BCUT2D eigenvalue weighted by molar-refractivity contribution is -0.151. The zero-order valence-electron chi connectivity index (χ0n) is 38.9. The lowest BCUT2D eigenvalue weighted by atomic mass is 10.0. The minimum absolute atomic E-state index is 0.0595. The molecule has 0 aliphatic heterocycles. The lowest BCUT2D eigenvalue weighted by Crippen LogP contribution is -2.46. The minimum Gasteiger partial charge on any atom is -0.462 e. The predicted octanol–water partition coefficient (Wildman–Crippen LogP) is 15.1. The number of hydrogen-bond acceptors (Lipinski definition) is 5. The van der Waals surface area contributed by atoms with Gasteiger partial charge in [0.1, 0.15) is 6.10 Å². The first kappa shape index (κ1) is 56.3. The van der Waals surface area contributed by atoms with E-state index in [1.807, 2.05) is 0 Å². The first-order valence-corrected chi connectivity index (χ1v) is 25.6. The molecular weight excluding hydrogens is 719 g/mol. The Kier molecular flexibility index (Phi) is 45.1. The first-order valence-electron chi connectivity index (χ1n) is 25.6. The van der Waals surface area contributed by atoms with Gasteiger partial charge in [-0.25, -0.2) is 0 Å².